The molecule has 0 saturated carbocycles. The summed E-state index contributed by atoms with van der Waals surface area (Å²) in [6.07, 6.45) is 1.76. The molecule has 8 heteroatoms. The Morgan fingerprint density at radius 2 is 2.08 bits per heavy atom. The van der Waals surface area contributed by atoms with Crippen molar-refractivity contribution in [3.63, 3.8) is 0 Å². The van der Waals surface area contributed by atoms with Gasteiger partial charge in [0, 0.05) is 18.6 Å². The van der Waals surface area contributed by atoms with E-state index < -0.39 is 0 Å². The number of hydrogen-bond acceptors (Lipinski definition) is 5. The van der Waals surface area contributed by atoms with Gasteiger partial charge in [-0.15, -0.1) is 22.7 Å². The molecule has 5 nitrogen and oxygen atoms in total. The summed E-state index contributed by atoms with van der Waals surface area (Å²) in [5.41, 5.74) is 2.37. The molecule has 0 unspecified atom stereocenters. The minimum absolute atomic E-state index is 0.184. The number of benzene rings is 1. The van der Waals surface area contributed by atoms with Gasteiger partial charge < -0.3 is 5.32 Å². The summed E-state index contributed by atoms with van der Waals surface area (Å²) >= 11 is 9.06. The number of anilines is 1. The van der Waals surface area contributed by atoms with E-state index in [4.69, 9.17) is 11.6 Å². The Morgan fingerprint density at radius 3 is 2.85 bits per heavy atom. The summed E-state index contributed by atoms with van der Waals surface area (Å²) < 4.78 is 1.80. The number of rotatable bonds is 4. The second kappa shape index (κ2) is 7.03. The van der Waals surface area contributed by atoms with Crippen LogP contribution in [0.3, 0.4) is 0 Å². The maximum atomic E-state index is 12.5. The zero-order valence-electron chi connectivity index (χ0n) is 13.6. The van der Waals surface area contributed by atoms with Gasteiger partial charge in [-0.3, -0.25) is 9.48 Å². The number of carbonyl (C=O) groups excluding carboxylic acids is 1. The molecule has 0 atom stereocenters. The number of amides is 1. The van der Waals surface area contributed by atoms with Gasteiger partial charge in [0.1, 0.15) is 10.7 Å². The maximum absolute atomic E-state index is 12.5. The van der Waals surface area contributed by atoms with Crippen LogP contribution in [0.2, 0.25) is 5.02 Å². The maximum Gasteiger partial charge on any atom is 0.265 e. The Bertz CT molecular complexity index is 1070. The Morgan fingerprint density at radius 1 is 1.23 bits per heavy atom. The summed E-state index contributed by atoms with van der Waals surface area (Å²) in [7, 11) is 1.88. The third kappa shape index (κ3) is 3.29. The minimum atomic E-state index is -0.184. The molecule has 1 N–H and O–H groups in total. The molecule has 4 rings (SSSR count). The number of halogens is 1. The second-order valence-corrected chi connectivity index (χ2v) is 7.86. The van der Waals surface area contributed by atoms with Gasteiger partial charge in [-0.1, -0.05) is 23.7 Å². The molecule has 0 aliphatic carbocycles. The smallest absolute Gasteiger partial charge is 0.265 e. The lowest BCUT2D eigenvalue weighted by molar-refractivity contribution is 0.103. The van der Waals surface area contributed by atoms with Crippen molar-refractivity contribution in [2.45, 2.75) is 0 Å². The van der Waals surface area contributed by atoms with Crippen LogP contribution in [-0.4, -0.2) is 20.7 Å². The minimum Gasteiger partial charge on any atom is -0.320 e. The average molecular weight is 401 g/mol. The van der Waals surface area contributed by atoms with Gasteiger partial charge in [0.05, 0.1) is 26.2 Å². The SMILES string of the molecule is Cn1nc(-c2nccs2)cc1-c1ccc(C(=O)Nc2ccccc2Cl)s1. The molecule has 130 valence electrons. The molecule has 1 aromatic carbocycles. The van der Waals surface area contributed by atoms with Crippen molar-refractivity contribution in [1.29, 1.82) is 0 Å². The lowest BCUT2D eigenvalue weighted by Crippen LogP contribution is -2.10. The van der Waals surface area contributed by atoms with E-state index in [1.807, 2.05) is 42.8 Å². The van der Waals surface area contributed by atoms with E-state index >= 15 is 0 Å². The van der Waals surface area contributed by atoms with E-state index in [0.29, 0.717) is 15.6 Å². The van der Waals surface area contributed by atoms with Gasteiger partial charge in [0.2, 0.25) is 0 Å². The van der Waals surface area contributed by atoms with Crippen LogP contribution in [0.5, 0.6) is 0 Å². The van der Waals surface area contributed by atoms with Crippen LogP contribution < -0.4 is 5.32 Å². The quantitative estimate of drug-likeness (QED) is 0.513. The van der Waals surface area contributed by atoms with E-state index in [1.165, 1.54) is 11.3 Å². The Hall–Kier alpha value is -2.48. The first-order valence-corrected chi connectivity index (χ1v) is 9.79. The van der Waals surface area contributed by atoms with Crippen LogP contribution >= 0.6 is 34.3 Å². The first-order valence-electron chi connectivity index (χ1n) is 7.72. The van der Waals surface area contributed by atoms with E-state index in [9.17, 15) is 4.79 Å². The van der Waals surface area contributed by atoms with Crippen molar-refractivity contribution >= 4 is 45.9 Å². The summed E-state index contributed by atoms with van der Waals surface area (Å²) in [4.78, 5) is 18.4. The molecule has 0 aliphatic heterocycles. The number of carbonyl (C=O) groups is 1. The molecule has 26 heavy (non-hydrogen) atoms. The van der Waals surface area contributed by atoms with Gasteiger partial charge in [-0.05, 0) is 30.3 Å². The molecule has 1 amide bonds. The highest BCUT2D eigenvalue weighted by Gasteiger charge is 2.16. The van der Waals surface area contributed by atoms with Crippen molar-refractivity contribution in [3.8, 4) is 21.3 Å². The summed E-state index contributed by atoms with van der Waals surface area (Å²) in [5.74, 6) is -0.184. The Kier molecular flexibility index (Phi) is 4.58. The first kappa shape index (κ1) is 17.0. The van der Waals surface area contributed by atoms with Crippen LogP contribution in [0.25, 0.3) is 21.3 Å². The lowest BCUT2D eigenvalue weighted by Gasteiger charge is -2.05. The fourth-order valence-electron chi connectivity index (χ4n) is 2.50. The number of aryl methyl sites for hydroxylation is 1. The number of nitrogens with zero attached hydrogens (tertiary/aromatic N) is 3. The highest BCUT2D eigenvalue weighted by Crippen LogP contribution is 2.32. The predicted octanol–water partition coefficient (Wildman–Crippen LogP) is 5.18. The largest absolute Gasteiger partial charge is 0.320 e. The molecule has 0 fully saturated rings. The molecule has 0 radical (unpaired) electrons. The normalized spacial score (nSPS) is 10.8. The molecule has 0 spiro atoms. The monoisotopic (exact) mass is 400 g/mol. The van der Waals surface area contributed by atoms with Crippen molar-refractivity contribution < 1.29 is 4.79 Å². The molecule has 0 bridgehead atoms. The zero-order valence-corrected chi connectivity index (χ0v) is 16.0. The number of thiazole rings is 1. The van der Waals surface area contributed by atoms with Crippen LogP contribution in [0, 0.1) is 0 Å². The van der Waals surface area contributed by atoms with Crippen molar-refractivity contribution in [3.05, 3.63) is 63.9 Å². The van der Waals surface area contributed by atoms with Gasteiger partial charge >= 0.3 is 0 Å². The summed E-state index contributed by atoms with van der Waals surface area (Å²) in [6, 6.07) is 12.9. The summed E-state index contributed by atoms with van der Waals surface area (Å²) in [6.45, 7) is 0. The number of para-hydroxylation sites is 1. The third-order valence-electron chi connectivity index (χ3n) is 3.74. The Labute approximate surface area is 162 Å². The van der Waals surface area contributed by atoms with Crippen LogP contribution in [-0.2, 0) is 7.05 Å². The molecular formula is C18H13ClN4OS2. The molecule has 0 aliphatic rings. The number of hydrogen-bond donors (Lipinski definition) is 1. The molecule has 4 aromatic rings. The van der Waals surface area contributed by atoms with E-state index in [-0.39, 0.29) is 5.91 Å². The van der Waals surface area contributed by atoms with Crippen LogP contribution in [0.15, 0.2) is 54.0 Å². The van der Waals surface area contributed by atoms with Gasteiger partial charge in [0.15, 0.2) is 0 Å². The number of aromatic nitrogens is 3. The first-order chi connectivity index (χ1) is 12.6. The molecule has 3 heterocycles. The lowest BCUT2D eigenvalue weighted by atomic mass is 10.3. The third-order valence-corrected chi connectivity index (χ3v) is 5.97. The fraction of sp³-hybridized carbons (Fsp3) is 0.0556. The van der Waals surface area contributed by atoms with Gasteiger partial charge in [0.25, 0.3) is 5.91 Å². The van der Waals surface area contributed by atoms with E-state index in [1.54, 1.807) is 34.3 Å². The van der Waals surface area contributed by atoms with Crippen LogP contribution in [0.1, 0.15) is 9.67 Å². The second-order valence-electron chi connectivity index (χ2n) is 5.47. The molecular weight excluding hydrogens is 388 g/mol. The van der Waals surface area contributed by atoms with E-state index in [2.05, 4.69) is 15.4 Å². The highest BCUT2D eigenvalue weighted by atomic mass is 35.5. The van der Waals surface area contributed by atoms with Crippen molar-refractivity contribution in [1.82, 2.24) is 14.8 Å². The van der Waals surface area contributed by atoms with E-state index in [0.717, 1.165) is 21.3 Å². The van der Waals surface area contributed by atoms with Gasteiger partial charge in [-0.25, -0.2) is 4.98 Å². The van der Waals surface area contributed by atoms with Gasteiger partial charge in [-0.2, -0.15) is 5.10 Å². The molecule has 3 aromatic heterocycles. The number of thiophene rings is 1. The standard InChI is InChI=1S/C18H13ClN4OS2/c1-23-14(10-13(22-23)18-20-8-9-25-18)15-6-7-16(26-15)17(24)21-12-5-3-2-4-11(12)19/h2-10H,1H3,(H,21,24). The van der Waals surface area contributed by atoms with Crippen molar-refractivity contribution in [2.75, 3.05) is 5.32 Å². The number of nitrogens with one attached hydrogen (secondary N) is 1. The predicted molar refractivity (Wildman–Crippen MR) is 107 cm³/mol. The highest BCUT2D eigenvalue weighted by molar-refractivity contribution is 7.17. The summed E-state index contributed by atoms with van der Waals surface area (Å²) in [5, 5.41) is 10.7. The zero-order chi connectivity index (χ0) is 18.1. The van der Waals surface area contributed by atoms with Crippen molar-refractivity contribution in [2.24, 2.45) is 7.05 Å². The van der Waals surface area contributed by atoms with Crippen LogP contribution in [0.4, 0.5) is 5.69 Å². The average Bonchev–Trinajstić information content (AvgIpc) is 3.36. The Balaban J connectivity index is 1.58. The molecule has 0 saturated heterocycles. The fourth-order valence-corrected chi connectivity index (χ4v) is 4.22. The topological polar surface area (TPSA) is 59.8 Å².